The predicted molar refractivity (Wildman–Crippen MR) is 42.2 cm³/mol. The summed E-state index contributed by atoms with van der Waals surface area (Å²) in [4.78, 5) is 0. The van der Waals surface area contributed by atoms with Crippen molar-refractivity contribution >= 4 is 0 Å². The molecule has 0 heterocycles. The Morgan fingerprint density at radius 2 is 2.00 bits per heavy atom. The van der Waals surface area contributed by atoms with Crippen molar-refractivity contribution in [2.24, 2.45) is 0 Å². The van der Waals surface area contributed by atoms with Gasteiger partial charge in [-0.05, 0) is 12.8 Å². The first kappa shape index (κ1) is 9.92. The molecular formula is C8H18O2. The fraction of sp³-hybridized carbons (Fsp3) is 1.00. The summed E-state index contributed by atoms with van der Waals surface area (Å²) >= 11 is 0. The minimum Gasteiger partial charge on any atom is -0.379 e. The van der Waals surface area contributed by atoms with Crippen molar-refractivity contribution in [3.8, 4) is 0 Å². The molecule has 0 unspecified atom stereocenters. The van der Waals surface area contributed by atoms with Crippen molar-refractivity contribution in [3.63, 3.8) is 0 Å². The van der Waals surface area contributed by atoms with Crippen LogP contribution in [0.4, 0.5) is 0 Å². The van der Waals surface area contributed by atoms with E-state index in [0.29, 0.717) is 0 Å². The lowest BCUT2D eigenvalue weighted by Crippen LogP contribution is -2.17. The Hall–Kier alpha value is -0.0800. The first-order chi connectivity index (χ1) is 4.85. The molecule has 10 heavy (non-hydrogen) atoms. The lowest BCUT2D eigenvalue weighted by atomic mass is 10.3. The number of hydrogen-bond acceptors (Lipinski definition) is 2. The molecule has 0 aromatic rings. The highest BCUT2D eigenvalue weighted by Crippen LogP contribution is 1.96. The quantitative estimate of drug-likeness (QED) is 0.532. The van der Waals surface area contributed by atoms with Gasteiger partial charge in [-0.25, -0.2) is 0 Å². The van der Waals surface area contributed by atoms with Crippen LogP contribution in [0.5, 0.6) is 0 Å². The molecule has 0 fully saturated rings. The van der Waals surface area contributed by atoms with Crippen LogP contribution in [0.3, 0.4) is 0 Å². The zero-order valence-corrected chi connectivity index (χ0v) is 7.22. The van der Waals surface area contributed by atoms with E-state index in [1.165, 1.54) is 0 Å². The van der Waals surface area contributed by atoms with Gasteiger partial charge in [0.15, 0.2) is 0 Å². The molecule has 2 nitrogen and oxygen atoms in total. The Morgan fingerprint density at radius 1 is 1.30 bits per heavy atom. The van der Waals surface area contributed by atoms with Gasteiger partial charge in [-0.2, -0.15) is 0 Å². The van der Waals surface area contributed by atoms with Gasteiger partial charge in [0.25, 0.3) is 0 Å². The van der Waals surface area contributed by atoms with Gasteiger partial charge in [0.1, 0.15) is 0 Å². The summed E-state index contributed by atoms with van der Waals surface area (Å²) < 4.78 is 10.4. The molecule has 0 aliphatic heterocycles. The molecule has 0 spiro atoms. The molecule has 0 aliphatic rings. The second-order valence-electron chi connectivity index (χ2n) is 2.34. The van der Waals surface area contributed by atoms with E-state index in [9.17, 15) is 0 Å². The standard InChI is InChI=1S/C8H18O2/c1-4-6-10-7-8(5-2)9-3/h8H,4-7H2,1-3H3/t8-/m1/s1. The highest BCUT2D eigenvalue weighted by molar-refractivity contribution is 4.50. The Morgan fingerprint density at radius 3 is 2.40 bits per heavy atom. The summed E-state index contributed by atoms with van der Waals surface area (Å²) in [6.07, 6.45) is 2.40. The SMILES string of the molecule is CCCOC[C@@H](CC)OC. The summed E-state index contributed by atoms with van der Waals surface area (Å²) in [7, 11) is 1.73. The highest BCUT2D eigenvalue weighted by atomic mass is 16.5. The summed E-state index contributed by atoms with van der Waals surface area (Å²) in [5.74, 6) is 0. The van der Waals surface area contributed by atoms with Crippen LogP contribution in [0.2, 0.25) is 0 Å². The van der Waals surface area contributed by atoms with E-state index >= 15 is 0 Å². The molecule has 0 radical (unpaired) electrons. The molecule has 0 rings (SSSR count). The maximum atomic E-state index is 5.30. The van der Waals surface area contributed by atoms with Gasteiger partial charge in [0.2, 0.25) is 0 Å². The third kappa shape index (κ3) is 4.77. The maximum absolute atomic E-state index is 5.30. The van der Waals surface area contributed by atoms with Crippen LogP contribution in [0.1, 0.15) is 26.7 Å². The molecule has 0 aliphatic carbocycles. The zero-order chi connectivity index (χ0) is 7.82. The maximum Gasteiger partial charge on any atom is 0.0802 e. The summed E-state index contributed by atoms with van der Waals surface area (Å²) in [6, 6.07) is 0. The van der Waals surface area contributed by atoms with Crippen LogP contribution in [0.15, 0.2) is 0 Å². The van der Waals surface area contributed by atoms with E-state index < -0.39 is 0 Å². The Bertz CT molecular complexity index is 60.3. The topological polar surface area (TPSA) is 18.5 Å². The van der Waals surface area contributed by atoms with Crippen LogP contribution in [-0.4, -0.2) is 26.4 Å². The number of hydrogen-bond donors (Lipinski definition) is 0. The van der Waals surface area contributed by atoms with Crippen LogP contribution in [-0.2, 0) is 9.47 Å². The third-order valence-corrected chi connectivity index (χ3v) is 1.44. The Kier molecular flexibility index (Phi) is 6.98. The molecule has 0 saturated carbocycles. The van der Waals surface area contributed by atoms with E-state index in [4.69, 9.17) is 9.47 Å². The monoisotopic (exact) mass is 146 g/mol. The second-order valence-corrected chi connectivity index (χ2v) is 2.34. The van der Waals surface area contributed by atoms with E-state index in [2.05, 4.69) is 13.8 Å². The van der Waals surface area contributed by atoms with E-state index in [0.717, 1.165) is 26.1 Å². The van der Waals surface area contributed by atoms with Crippen molar-refractivity contribution in [1.29, 1.82) is 0 Å². The smallest absolute Gasteiger partial charge is 0.0802 e. The largest absolute Gasteiger partial charge is 0.379 e. The fourth-order valence-corrected chi connectivity index (χ4v) is 0.712. The van der Waals surface area contributed by atoms with Crippen LogP contribution in [0, 0.1) is 0 Å². The van der Waals surface area contributed by atoms with Crippen LogP contribution in [0.25, 0.3) is 0 Å². The van der Waals surface area contributed by atoms with Crippen molar-refractivity contribution in [2.75, 3.05) is 20.3 Å². The van der Waals surface area contributed by atoms with Crippen molar-refractivity contribution < 1.29 is 9.47 Å². The van der Waals surface area contributed by atoms with Crippen molar-refractivity contribution in [3.05, 3.63) is 0 Å². The normalized spacial score (nSPS) is 13.5. The van der Waals surface area contributed by atoms with Gasteiger partial charge in [0, 0.05) is 13.7 Å². The molecule has 0 aromatic heterocycles. The average Bonchev–Trinajstić information content (AvgIpc) is 1.99. The molecular weight excluding hydrogens is 128 g/mol. The van der Waals surface area contributed by atoms with E-state index in [1.807, 2.05) is 0 Å². The highest BCUT2D eigenvalue weighted by Gasteiger charge is 2.01. The number of methoxy groups -OCH3 is 1. The molecule has 62 valence electrons. The third-order valence-electron chi connectivity index (χ3n) is 1.44. The first-order valence-corrected chi connectivity index (χ1v) is 3.95. The van der Waals surface area contributed by atoms with Crippen LogP contribution >= 0.6 is 0 Å². The fourth-order valence-electron chi connectivity index (χ4n) is 0.712. The predicted octanol–water partition coefficient (Wildman–Crippen LogP) is 1.84. The van der Waals surface area contributed by atoms with Crippen molar-refractivity contribution in [2.45, 2.75) is 32.8 Å². The van der Waals surface area contributed by atoms with Gasteiger partial charge in [-0.1, -0.05) is 13.8 Å². The minimum atomic E-state index is 0.284. The van der Waals surface area contributed by atoms with Gasteiger partial charge in [-0.15, -0.1) is 0 Å². The van der Waals surface area contributed by atoms with E-state index in [-0.39, 0.29) is 6.10 Å². The molecule has 2 heteroatoms. The summed E-state index contributed by atoms with van der Waals surface area (Å²) in [6.45, 7) is 5.79. The first-order valence-electron chi connectivity index (χ1n) is 3.95. The lowest BCUT2D eigenvalue weighted by Gasteiger charge is -2.12. The van der Waals surface area contributed by atoms with Gasteiger partial charge >= 0.3 is 0 Å². The Balaban J connectivity index is 3.09. The molecule has 0 bridgehead atoms. The molecule has 0 aromatic carbocycles. The van der Waals surface area contributed by atoms with Gasteiger partial charge < -0.3 is 9.47 Å². The molecule has 0 amide bonds. The summed E-state index contributed by atoms with van der Waals surface area (Å²) in [5, 5.41) is 0. The Labute approximate surface area is 63.5 Å². The van der Waals surface area contributed by atoms with Crippen LogP contribution < -0.4 is 0 Å². The second kappa shape index (κ2) is 7.03. The zero-order valence-electron chi connectivity index (χ0n) is 7.22. The molecule has 0 saturated heterocycles. The van der Waals surface area contributed by atoms with Gasteiger partial charge in [-0.3, -0.25) is 0 Å². The summed E-state index contributed by atoms with van der Waals surface area (Å²) in [5.41, 5.74) is 0. The average molecular weight is 146 g/mol. The minimum absolute atomic E-state index is 0.284. The number of rotatable bonds is 6. The number of ether oxygens (including phenoxy) is 2. The van der Waals surface area contributed by atoms with Gasteiger partial charge in [0.05, 0.1) is 12.7 Å². The lowest BCUT2D eigenvalue weighted by molar-refractivity contribution is 0.00714. The van der Waals surface area contributed by atoms with E-state index in [1.54, 1.807) is 7.11 Å². The molecule has 0 N–H and O–H groups in total. The van der Waals surface area contributed by atoms with Crippen molar-refractivity contribution in [1.82, 2.24) is 0 Å². The molecule has 1 atom stereocenters.